The van der Waals surface area contributed by atoms with Gasteiger partial charge in [-0.2, -0.15) is 5.10 Å². The number of piperidine rings is 2. The molecule has 0 saturated carbocycles. The minimum absolute atomic E-state index is 0.218. The molecule has 0 N–H and O–H groups in total. The van der Waals surface area contributed by atoms with Crippen LogP contribution in [0.4, 0.5) is 0 Å². The van der Waals surface area contributed by atoms with Crippen molar-refractivity contribution in [2.24, 2.45) is 7.05 Å². The van der Waals surface area contributed by atoms with Crippen molar-refractivity contribution in [3.8, 4) is 0 Å². The number of piperazine rings is 1. The average Bonchev–Trinajstić information content (AvgIpc) is 2.82. The predicted molar refractivity (Wildman–Crippen MR) is 80.3 cm³/mol. The van der Waals surface area contributed by atoms with Gasteiger partial charge in [-0.1, -0.05) is 0 Å². The van der Waals surface area contributed by atoms with Crippen molar-refractivity contribution in [1.82, 2.24) is 19.6 Å². The molecule has 1 amide bonds. The van der Waals surface area contributed by atoms with Gasteiger partial charge in [0.05, 0.1) is 5.69 Å². The summed E-state index contributed by atoms with van der Waals surface area (Å²) in [5, 5.41) is 4.60. The van der Waals surface area contributed by atoms with Crippen molar-refractivity contribution in [2.75, 3.05) is 20.1 Å². The summed E-state index contributed by atoms with van der Waals surface area (Å²) in [7, 11) is 4.12. The lowest BCUT2D eigenvalue weighted by atomic mass is 9.90. The molecule has 2 bridgehead atoms. The quantitative estimate of drug-likeness (QED) is 0.780. The van der Waals surface area contributed by atoms with Gasteiger partial charge in [0, 0.05) is 37.8 Å². The molecule has 1 aliphatic carbocycles. The number of nitrogens with zero attached hydrogens (tertiary/aromatic N) is 4. The number of hydrogen-bond donors (Lipinski definition) is 0. The average molecular weight is 288 g/mol. The predicted octanol–water partition coefficient (Wildman–Crippen LogP) is 1.22. The molecule has 3 fully saturated rings. The van der Waals surface area contributed by atoms with Crippen molar-refractivity contribution in [1.29, 1.82) is 0 Å². The molecule has 3 saturated heterocycles. The van der Waals surface area contributed by atoms with E-state index in [0.29, 0.717) is 12.1 Å². The third-order valence-electron chi connectivity index (χ3n) is 5.59. The van der Waals surface area contributed by atoms with Gasteiger partial charge < -0.3 is 4.90 Å². The van der Waals surface area contributed by atoms with E-state index in [1.807, 2.05) is 11.7 Å². The lowest BCUT2D eigenvalue weighted by Gasteiger charge is -2.50. The summed E-state index contributed by atoms with van der Waals surface area (Å²) in [5.41, 5.74) is 3.25. The van der Waals surface area contributed by atoms with Crippen LogP contribution in [0, 0.1) is 0 Å². The molecule has 3 aliphatic heterocycles. The van der Waals surface area contributed by atoms with Crippen LogP contribution in [-0.4, -0.2) is 57.7 Å². The minimum Gasteiger partial charge on any atom is -0.331 e. The van der Waals surface area contributed by atoms with Gasteiger partial charge in [-0.25, -0.2) is 0 Å². The standard InChI is InChI=1S/C16H24N4O/c1-18-9-12-8-7-11(18)10-20(12)16(21)15-13-5-3-4-6-14(13)17-19(15)2/h11-12H,3-10H2,1-2H3. The zero-order chi connectivity index (χ0) is 14.6. The molecule has 5 rings (SSSR count). The second-order valence-electron chi connectivity index (χ2n) is 6.89. The van der Waals surface area contributed by atoms with E-state index in [1.165, 1.54) is 24.8 Å². The SMILES string of the molecule is CN1CC2CCC1CN2C(=O)c1c2c(nn1C)CCCC2. The molecule has 0 radical (unpaired) electrons. The summed E-state index contributed by atoms with van der Waals surface area (Å²) in [6, 6.07) is 0.935. The first-order valence-corrected chi connectivity index (χ1v) is 8.21. The molecular weight excluding hydrogens is 264 g/mol. The maximum Gasteiger partial charge on any atom is 0.272 e. The third kappa shape index (κ3) is 2.01. The first kappa shape index (κ1) is 13.3. The Hall–Kier alpha value is -1.36. The molecule has 5 heteroatoms. The fourth-order valence-electron chi connectivity index (χ4n) is 4.37. The van der Waals surface area contributed by atoms with E-state index in [0.717, 1.165) is 43.7 Å². The van der Waals surface area contributed by atoms with Gasteiger partial charge in [0.2, 0.25) is 0 Å². The molecule has 2 atom stereocenters. The largest absolute Gasteiger partial charge is 0.331 e. The summed E-state index contributed by atoms with van der Waals surface area (Å²) in [4.78, 5) is 17.6. The van der Waals surface area contributed by atoms with E-state index < -0.39 is 0 Å². The van der Waals surface area contributed by atoms with Gasteiger partial charge in [0.15, 0.2) is 0 Å². The number of aromatic nitrogens is 2. The van der Waals surface area contributed by atoms with Gasteiger partial charge in [0.25, 0.3) is 5.91 Å². The Labute approximate surface area is 125 Å². The number of amides is 1. The second-order valence-corrected chi connectivity index (χ2v) is 6.89. The lowest BCUT2D eigenvalue weighted by Crippen LogP contribution is -2.62. The van der Waals surface area contributed by atoms with Crippen molar-refractivity contribution in [3.63, 3.8) is 0 Å². The van der Waals surface area contributed by atoms with Crippen LogP contribution >= 0.6 is 0 Å². The van der Waals surface area contributed by atoms with Crippen LogP contribution in [0.2, 0.25) is 0 Å². The first-order valence-electron chi connectivity index (χ1n) is 8.21. The Morgan fingerprint density at radius 3 is 2.57 bits per heavy atom. The number of hydrogen-bond acceptors (Lipinski definition) is 3. The highest BCUT2D eigenvalue weighted by Gasteiger charge is 2.41. The topological polar surface area (TPSA) is 41.4 Å². The Morgan fingerprint density at radius 1 is 1.10 bits per heavy atom. The molecule has 5 nitrogen and oxygen atoms in total. The number of aryl methyl sites for hydroxylation is 2. The van der Waals surface area contributed by atoms with E-state index in [-0.39, 0.29) is 5.91 Å². The monoisotopic (exact) mass is 288 g/mol. The fraction of sp³-hybridized carbons (Fsp3) is 0.750. The van der Waals surface area contributed by atoms with Crippen molar-refractivity contribution >= 4 is 5.91 Å². The van der Waals surface area contributed by atoms with Crippen LogP contribution in [0.3, 0.4) is 0 Å². The summed E-state index contributed by atoms with van der Waals surface area (Å²) >= 11 is 0. The molecule has 1 aromatic rings. The Kier molecular flexibility index (Phi) is 3.06. The molecule has 0 aromatic carbocycles. The number of likely N-dealkylation sites (N-methyl/N-ethyl adjacent to an activating group) is 1. The van der Waals surface area contributed by atoms with Crippen LogP contribution in [0.25, 0.3) is 0 Å². The number of carbonyl (C=O) groups excluding carboxylic acids is 1. The highest BCUT2D eigenvalue weighted by atomic mass is 16.2. The number of rotatable bonds is 1. The van der Waals surface area contributed by atoms with Gasteiger partial charge in [0.1, 0.15) is 5.69 Å². The summed E-state index contributed by atoms with van der Waals surface area (Å²) in [6.07, 6.45) is 6.83. The number of carbonyl (C=O) groups is 1. The smallest absolute Gasteiger partial charge is 0.272 e. The zero-order valence-electron chi connectivity index (χ0n) is 13.0. The Morgan fingerprint density at radius 2 is 1.86 bits per heavy atom. The van der Waals surface area contributed by atoms with Gasteiger partial charge in [-0.15, -0.1) is 0 Å². The van der Waals surface area contributed by atoms with Gasteiger partial charge >= 0.3 is 0 Å². The normalized spacial score (nSPS) is 28.8. The molecule has 114 valence electrons. The van der Waals surface area contributed by atoms with Gasteiger partial charge in [-0.05, 0) is 45.6 Å². The fourth-order valence-corrected chi connectivity index (χ4v) is 4.37. The van der Waals surface area contributed by atoms with Crippen LogP contribution in [0.15, 0.2) is 0 Å². The van der Waals surface area contributed by atoms with E-state index in [9.17, 15) is 4.79 Å². The molecule has 1 aromatic heterocycles. The second kappa shape index (κ2) is 4.83. The molecule has 2 unspecified atom stereocenters. The van der Waals surface area contributed by atoms with Crippen LogP contribution in [-0.2, 0) is 19.9 Å². The number of fused-ring (bicyclic) bond motifs is 4. The van der Waals surface area contributed by atoms with E-state index in [4.69, 9.17) is 0 Å². The van der Waals surface area contributed by atoms with Crippen LogP contribution in [0.5, 0.6) is 0 Å². The van der Waals surface area contributed by atoms with Crippen LogP contribution < -0.4 is 0 Å². The van der Waals surface area contributed by atoms with Crippen molar-refractivity contribution in [3.05, 3.63) is 17.0 Å². The van der Waals surface area contributed by atoms with E-state index in [1.54, 1.807) is 0 Å². The summed E-state index contributed by atoms with van der Waals surface area (Å²) in [5.74, 6) is 0.218. The maximum absolute atomic E-state index is 13.1. The van der Waals surface area contributed by atoms with Crippen molar-refractivity contribution < 1.29 is 4.79 Å². The van der Waals surface area contributed by atoms with E-state index >= 15 is 0 Å². The Bertz CT molecular complexity index is 579. The summed E-state index contributed by atoms with van der Waals surface area (Å²) in [6.45, 7) is 1.91. The highest BCUT2D eigenvalue weighted by Crippen LogP contribution is 2.31. The molecule has 4 aliphatic rings. The zero-order valence-corrected chi connectivity index (χ0v) is 13.0. The highest BCUT2D eigenvalue weighted by molar-refractivity contribution is 5.94. The van der Waals surface area contributed by atoms with E-state index in [2.05, 4.69) is 21.9 Å². The minimum atomic E-state index is 0.218. The Balaban J connectivity index is 1.65. The van der Waals surface area contributed by atoms with Crippen LogP contribution in [0.1, 0.15) is 47.4 Å². The lowest BCUT2D eigenvalue weighted by molar-refractivity contribution is -0.000810. The van der Waals surface area contributed by atoms with Crippen molar-refractivity contribution in [2.45, 2.75) is 50.6 Å². The molecule has 4 heterocycles. The molecule has 21 heavy (non-hydrogen) atoms. The summed E-state index contributed by atoms with van der Waals surface area (Å²) < 4.78 is 1.84. The van der Waals surface area contributed by atoms with Gasteiger partial charge in [-0.3, -0.25) is 14.4 Å². The third-order valence-corrected chi connectivity index (χ3v) is 5.59. The molecule has 0 spiro atoms. The first-order chi connectivity index (χ1) is 10.1. The molecular formula is C16H24N4O. The maximum atomic E-state index is 13.1.